The molecule has 1 aromatic heterocycles. The van der Waals surface area contributed by atoms with Crippen LogP contribution in [-0.4, -0.2) is 23.8 Å². The molecule has 1 atom stereocenters. The van der Waals surface area contributed by atoms with E-state index in [-0.39, 0.29) is 11.2 Å². The Bertz CT molecular complexity index is 904. The molecule has 0 bridgehead atoms. The van der Waals surface area contributed by atoms with Gasteiger partial charge in [0, 0.05) is 23.8 Å². The zero-order chi connectivity index (χ0) is 19.8. The molecule has 1 amide bonds. The van der Waals surface area contributed by atoms with E-state index in [0.717, 1.165) is 16.7 Å². The molecule has 0 aliphatic carbocycles. The van der Waals surface area contributed by atoms with Crippen LogP contribution in [0.1, 0.15) is 21.9 Å². The number of hydrogen-bond donors (Lipinski definition) is 1. The maximum Gasteiger partial charge on any atom is 0.230 e. The summed E-state index contributed by atoms with van der Waals surface area (Å²) in [7, 11) is 1.57. The molecule has 0 saturated carbocycles. The molecule has 4 nitrogen and oxygen atoms in total. The zero-order valence-corrected chi connectivity index (χ0v) is 17.0. The molecule has 2 aromatic carbocycles. The largest absolute Gasteiger partial charge is 0.481 e. The lowest BCUT2D eigenvalue weighted by atomic mass is 10.0. The number of thioether (sulfide) groups is 1. The van der Waals surface area contributed by atoms with Crippen LogP contribution >= 0.6 is 23.4 Å². The lowest BCUT2D eigenvalue weighted by Gasteiger charge is -2.18. The fourth-order valence-electron chi connectivity index (χ4n) is 2.73. The summed E-state index contributed by atoms with van der Waals surface area (Å²) in [6.07, 6.45) is 1.67. The number of ether oxygens (including phenoxy) is 1. The quantitative estimate of drug-likeness (QED) is 0.572. The van der Waals surface area contributed by atoms with E-state index >= 15 is 0 Å². The molecule has 0 aliphatic rings. The van der Waals surface area contributed by atoms with Crippen molar-refractivity contribution in [2.75, 3.05) is 12.9 Å². The number of carbonyl (C=O) groups is 1. The highest BCUT2D eigenvalue weighted by atomic mass is 35.5. The van der Waals surface area contributed by atoms with Crippen molar-refractivity contribution in [3.8, 4) is 5.88 Å². The van der Waals surface area contributed by atoms with Crippen molar-refractivity contribution in [2.45, 2.75) is 11.8 Å². The van der Waals surface area contributed by atoms with Crippen molar-refractivity contribution in [3.05, 3.63) is 94.6 Å². The van der Waals surface area contributed by atoms with Crippen LogP contribution < -0.4 is 10.1 Å². The van der Waals surface area contributed by atoms with Crippen molar-refractivity contribution in [3.63, 3.8) is 0 Å². The van der Waals surface area contributed by atoms with Crippen LogP contribution in [0.2, 0.25) is 5.02 Å². The van der Waals surface area contributed by atoms with Crippen LogP contribution in [0.25, 0.3) is 0 Å². The monoisotopic (exact) mass is 412 g/mol. The SMILES string of the molecule is COc1cc(CNC(=O)CSC(c2ccccc2)c2ccc(Cl)cc2)ccn1. The van der Waals surface area contributed by atoms with E-state index < -0.39 is 0 Å². The van der Waals surface area contributed by atoms with Gasteiger partial charge < -0.3 is 10.1 Å². The van der Waals surface area contributed by atoms with Crippen LogP contribution in [-0.2, 0) is 11.3 Å². The Balaban J connectivity index is 1.62. The number of carbonyl (C=O) groups excluding carboxylic acids is 1. The third kappa shape index (κ3) is 5.75. The van der Waals surface area contributed by atoms with E-state index in [1.807, 2.05) is 54.6 Å². The summed E-state index contributed by atoms with van der Waals surface area (Å²) >= 11 is 7.62. The van der Waals surface area contributed by atoms with E-state index in [4.69, 9.17) is 16.3 Å². The average Bonchev–Trinajstić information content (AvgIpc) is 2.74. The molecule has 0 spiro atoms. The molecule has 1 heterocycles. The number of rotatable bonds is 8. The van der Waals surface area contributed by atoms with E-state index in [9.17, 15) is 4.79 Å². The Morgan fingerprint density at radius 1 is 1.11 bits per heavy atom. The smallest absolute Gasteiger partial charge is 0.230 e. The second-order valence-corrected chi connectivity index (χ2v) is 7.67. The number of pyridine rings is 1. The maximum absolute atomic E-state index is 12.4. The molecular formula is C22H21ClN2O2S. The topological polar surface area (TPSA) is 51.2 Å². The summed E-state index contributed by atoms with van der Waals surface area (Å²) < 4.78 is 5.11. The summed E-state index contributed by atoms with van der Waals surface area (Å²) in [5, 5.41) is 3.71. The van der Waals surface area contributed by atoms with Gasteiger partial charge in [0.05, 0.1) is 18.1 Å². The van der Waals surface area contributed by atoms with Crippen LogP contribution in [0.4, 0.5) is 0 Å². The highest BCUT2D eigenvalue weighted by Crippen LogP contribution is 2.35. The number of nitrogens with zero attached hydrogens (tertiary/aromatic N) is 1. The standard InChI is InChI=1S/C22H21ClN2O2S/c1-27-21-13-16(11-12-24-21)14-25-20(26)15-28-22(17-5-3-2-4-6-17)18-7-9-19(23)10-8-18/h2-13,22H,14-15H2,1H3,(H,25,26). The van der Waals surface area contributed by atoms with Gasteiger partial charge in [0.25, 0.3) is 0 Å². The van der Waals surface area contributed by atoms with Crippen LogP contribution in [0.15, 0.2) is 72.9 Å². The van der Waals surface area contributed by atoms with Crippen LogP contribution in [0.3, 0.4) is 0 Å². The van der Waals surface area contributed by atoms with Gasteiger partial charge in [-0.3, -0.25) is 4.79 Å². The van der Waals surface area contributed by atoms with Crippen LogP contribution in [0, 0.1) is 0 Å². The number of hydrogen-bond acceptors (Lipinski definition) is 4. The first-order chi connectivity index (χ1) is 13.7. The number of halogens is 1. The molecule has 0 fully saturated rings. The van der Waals surface area contributed by atoms with Gasteiger partial charge in [0.15, 0.2) is 0 Å². The number of aromatic nitrogens is 1. The van der Waals surface area contributed by atoms with Gasteiger partial charge >= 0.3 is 0 Å². The predicted molar refractivity (Wildman–Crippen MR) is 115 cm³/mol. The van der Waals surface area contributed by atoms with Crippen LogP contribution in [0.5, 0.6) is 5.88 Å². The van der Waals surface area contributed by atoms with E-state index in [1.54, 1.807) is 25.1 Å². The fraction of sp³-hybridized carbons (Fsp3) is 0.182. The fourth-order valence-corrected chi connectivity index (χ4v) is 3.98. The van der Waals surface area contributed by atoms with Gasteiger partial charge in [-0.05, 0) is 34.9 Å². The van der Waals surface area contributed by atoms with Crippen molar-refractivity contribution in [1.29, 1.82) is 0 Å². The van der Waals surface area contributed by atoms with Gasteiger partial charge in [-0.25, -0.2) is 4.98 Å². The predicted octanol–water partition coefficient (Wildman–Crippen LogP) is 4.88. The zero-order valence-electron chi connectivity index (χ0n) is 15.5. The molecule has 0 saturated heterocycles. The average molecular weight is 413 g/mol. The molecule has 3 rings (SSSR count). The molecule has 144 valence electrons. The highest BCUT2D eigenvalue weighted by molar-refractivity contribution is 8.00. The van der Waals surface area contributed by atoms with E-state index in [1.165, 1.54) is 0 Å². The van der Waals surface area contributed by atoms with Crippen molar-refractivity contribution in [1.82, 2.24) is 10.3 Å². The maximum atomic E-state index is 12.4. The molecule has 28 heavy (non-hydrogen) atoms. The third-order valence-corrected chi connectivity index (χ3v) is 5.71. The Morgan fingerprint density at radius 2 is 1.82 bits per heavy atom. The minimum Gasteiger partial charge on any atom is -0.481 e. The number of methoxy groups -OCH3 is 1. The van der Waals surface area contributed by atoms with Crippen molar-refractivity contribution < 1.29 is 9.53 Å². The number of amides is 1. The summed E-state index contributed by atoms with van der Waals surface area (Å²) in [6, 6.07) is 21.6. The highest BCUT2D eigenvalue weighted by Gasteiger charge is 2.16. The van der Waals surface area contributed by atoms with E-state index in [2.05, 4.69) is 22.4 Å². The Labute approximate surface area is 174 Å². The van der Waals surface area contributed by atoms with Gasteiger partial charge in [-0.1, -0.05) is 54.1 Å². The normalized spacial score (nSPS) is 11.6. The summed E-state index contributed by atoms with van der Waals surface area (Å²) in [6.45, 7) is 0.440. The van der Waals surface area contributed by atoms with Gasteiger partial charge in [-0.2, -0.15) is 0 Å². The molecule has 0 aliphatic heterocycles. The third-order valence-electron chi connectivity index (χ3n) is 4.15. The lowest BCUT2D eigenvalue weighted by molar-refractivity contribution is -0.118. The molecule has 6 heteroatoms. The Kier molecular flexibility index (Phi) is 7.34. The first-order valence-corrected chi connectivity index (χ1v) is 10.3. The van der Waals surface area contributed by atoms with E-state index in [0.29, 0.717) is 23.2 Å². The molecule has 1 unspecified atom stereocenters. The van der Waals surface area contributed by atoms with Crippen molar-refractivity contribution in [2.24, 2.45) is 0 Å². The van der Waals surface area contributed by atoms with Gasteiger partial charge in [-0.15, -0.1) is 11.8 Å². The lowest BCUT2D eigenvalue weighted by Crippen LogP contribution is -2.25. The number of nitrogens with one attached hydrogen (secondary N) is 1. The van der Waals surface area contributed by atoms with Crippen molar-refractivity contribution >= 4 is 29.3 Å². The number of benzene rings is 2. The van der Waals surface area contributed by atoms with Gasteiger partial charge in [0.1, 0.15) is 0 Å². The van der Waals surface area contributed by atoms with Gasteiger partial charge in [0.2, 0.25) is 11.8 Å². The summed E-state index contributed by atoms with van der Waals surface area (Å²) in [5.41, 5.74) is 3.22. The minimum atomic E-state index is -0.0179. The molecule has 0 radical (unpaired) electrons. The second kappa shape index (κ2) is 10.2. The summed E-state index contributed by atoms with van der Waals surface area (Å²) in [4.78, 5) is 16.5. The Morgan fingerprint density at radius 3 is 2.54 bits per heavy atom. The molecule has 1 N–H and O–H groups in total. The second-order valence-electron chi connectivity index (χ2n) is 6.14. The first-order valence-electron chi connectivity index (χ1n) is 8.83. The molecule has 3 aromatic rings. The summed E-state index contributed by atoms with van der Waals surface area (Å²) in [5.74, 6) is 0.869. The minimum absolute atomic E-state index is 0.0179. The molecular weight excluding hydrogens is 392 g/mol. The first kappa shape index (κ1) is 20.2. The Hall–Kier alpha value is -2.50.